The third-order valence-electron chi connectivity index (χ3n) is 4.58. The number of oxime groups is 1. The molecule has 1 aromatic carbocycles. The Kier molecular flexibility index (Phi) is 5.18. The molecule has 8 heteroatoms. The van der Waals surface area contributed by atoms with Crippen LogP contribution in [0.3, 0.4) is 0 Å². The Balaban J connectivity index is 1.39. The Morgan fingerprint density at radius 2 is 1.75 bits per heavy atom. The molecular formula is C20H19FN6O. The second-order valence-corrected chi connectivity index (χ2v) is 6.52. The fraction of sp³-hybridized carbons (Fsp3) is 0.250. The molecule has 0 bridgehead atoms. The molecule has 2 aromatic heterocycles. The minimum absolute atomic E-state index is 0.235. The first-order valence-electron chi connectivity index (χ1n) is 9.01. The maximum atomic E-state index is 14.3. The highest BCUT2D eigenvalue weighted by Crippen LogP contribution is 2.25. The predicted octanol–water partition coefficient (Wildman–Crippen LogP) is 3.42. The summed E-state index contributed by atoms with van der Waals surface area (Å²) in [5.74, 6) is 0.912. The van der Waals surface area contributed by atoms with Crippen LogP contribution < -0.4 is 9.74 Å². The number of piperidine rings is 1. The van der Waals surface area contributed by atoms with E-state index < -0.39 is 0 Å². The first-order chi connectivity index (χ1) is 13.7. The summed E-state index contributed by atoms with van der Waals surface area (Å²) < 4.78 is 14.3. The molecule has 28 heavy (non-hydrogen) atoms. The van der Waals surface area contributed by atoms with Crippen molar-refractivity contribution in [1.29, 1.82) is 0 Å². The number of aromatic nitrogens is 4. The van der Waals surface area contributed by atoms with Crippen LogP contribution in [0.15, 0.2) is 54.5 Å². The van der Waals surface area contributed by atoms with Gasteiger partial charge in [-0.15, -0.1) is 0 Å². The molecule has 0 amide bonds. The quantitative estimate of drug-likeness (QED) is 0.648. The van der Waals surface area contributed by atoms with E-state index in [4.69, 9.17) is 4.84 Å². The smallest absolute Gasteiger partial charge is 0.225 e. The molecule has 0 unspecified atom stereocenters. The molecule has 0 saturated carbocycles. The molecule has 0 aliphatic carbocycles. The number of anilines is 1. The highest BCUT2D eigenvalue weighted by atomic mass is 19.1. The highest BCUT2D eigenvalue weighted by molar-refractivity contribution is 5.86. The van der Waals surface area contributed by atoms with Crippen LogP contribution in [0.1, 0.15) is 18.4 Å². The molecule has 3 aromatic rings. The van der Waals surface area contributed by atoms with Crippen LogP contribution in [0.4, 0.5) is 10.3 Å². The zero-order chi connectivity index (χ0) is 19.3. The van der Waals surface area contributed by atoms with Gasteiger partial charge in [-0.05, 0) is 12.5 Å². The van der Waals surface area contributed by atoms with E-state index in [1.54, 1.807) is 43.8 Å². The van der Waals surface area contributed by atoms with Crippen molar-refractivity contribution in [2.75, 3.05) is 18.0 Å². The van der Waals surface area contributed by atoms with Crippen molar-refractivity contribution < 1.29 is 9.23 Å². The van der Waals surface area contributed by atoms with Gasteiger partial charge in [-0.1, -0.05) is 23.4 Å². The van der Waals surface area contributed by atoms with Gasteiger partial charge in [0.25, 0.3) is 0 Å². The Labute approximate surface area is 161 Å². The lowest BCUT2D eigenvalue weighted by molar-refractivity contribution is 0.334. The summed E-state index contributed by atoms with van der Waals surface area (Å²) in [7, 11) is 0. The first kappa shape index (κ1) is 18.0. The summed E-state index contributed by atoms with van der Waals surface area (Å²) in [6, 6.07) is 5.31. The van der Waals surface area contributed by atoms with Gasteiger partial charge in [-0.2, -0.15) is 0 Å². The van der Waals surface area contributed by atoms with Crippen molar-refractivity contribution >= 4 is 11.7 Å². The lowest BCUT2D eigenvalue weighted by Crippen LogP contribution is -2.35. The Hall–Kier alpha value is -3.42. The van der Waals surface area contributed by atoms with Crippen molar-refractivity contribution in [2.24, 2.45) is 5.16 Å². The fourth-order valence-electron chi connectivity index (χ4n) is 3.00. The Bertz CT molecular complexity index is 968. The topological polar surface area (TPSA) is 76.4 Å². The van der Waals surface area contributed by atoms with Crippen LogP contribution in [0.5, 0.6) is 5.75 Å². The van der Waals surface area contributed by atoms with Crippen molar-refractivity contribution in [3.63, 3.8) is 0 Å². The van der Waals surface area contributed by atoms with Crippen LogP contribution in [-0.2, 0) is 0 Å². The standard InChI is InChI=1S/C20H19FN6O/c1-14-3-2-4-18(19(14)21)15-9-24-20(25-10-15)27-7-5-16(6-8-27)26-28-17-11-22-13-23-12-17/h2-4,9-13H,5-8H2,1H3. The fourth-order valence-corrected chi connectivity index (χ4v) is 3.00. The number of nitrogens with zero attached hydrogens (tertiary/aromatic N) is 6. The highest BCUT2D eigenvalue weighted by Gasteiger charge is 2.18. The van der Waals surface area contributed by atoms with Gasteiger partial charge in [0.05, 0.1) is 18.1 Å². The minimum Gasteiger partial charge on any atom is -0.354 e. The minimum atomic E-state index is -0.235. The molecule has 0 atom stereocenters. The van der Waals surface area contributed by atoms with Gasteiger partial charge in [-0.3, -0.25) is 0 Å². The average molecular weight is 378 g/mol. The van der Waals surface area contributed by atoms with Gasteiger partial charge in [0, 0.05) is 49.5 Å². The van der Waals surface area contributed by atoms with Gasteiger partial charge in [0.15, 0.2) is 5.75 Å². The number of halogens is 1. The number of aryl methyl sites for hydroxylation is 1. The summed E-state index contributed by atoms with van der Waals surface area (Å²) in [6.45, 7) is 3.23. The second kappa shape index (κ2) is 8.08. The maximum absolute atomic E-state index is 14.3. The van der Waals surface area contributed by atoms with Crippen LogP contribution in [0, 0.1) is 12.7 Å². The lowest BCUT2D eigenvalue weighted by atomic mass is 10.1. The van der Waals surface area contributed by atoms with Crippen molar-refractivity contribution in [3.05, 3.63) is 60.7 Å². The molecule has 0 N–H and O–H groups in total. The summed E-state index contributed by atoms with van der Waals surface area (Å²) in [4.78, 5) is 24.1. The zero-order valence-electron chi connectivity index (χ0n) is 15.4. The number of rotatable bonds is 4. The molecule has 1 saturated heterocycles. The van der Waals surface area contributed by atoms with Gasteiger partial charge >= 0.3 is 0 Å². The first-order valence-corrected chi connectivity index (χ1v) is 9.01. The van der Waals surface area contributed by atoms with Gasteiger partial charge < -0.3 is 9.74 Å². The van der Waals surface area contributed by atoms with Crippen LogP contribution in [0.2, 0.25) is 0 Å². The number of hydrogen-bond acceptors (Lipinski definition) is 7. The molecule has 142 valence electrons. The van der Waals surface area contributed by atoms with E-state index >= 15 is 0 Å². The third kappa shape index (κ3) is 3.95. The monoisotopic (exact) mass is 378 g/mol. The molecular weight excluding hydrogens is 359 g/mol. The van der Waals surface area contributed by atoms with E-state index in [-0.39, 0.29) is 5.82 Å². The normalized spacial score (nSPS) is 14.1. The van der Waals surface area contributed by atoms with Crippen molar-refractivity contribution in [2.45, 2.75) is 19.8 Å². The van der Waals surface area contributed by atoms with E-state index in [9.17, 15) is 4.39 Å². The summed E-state index contributed by atoms with van der Waals surface area (Å²) in [5.41, 5.74) is 2.76. The molecule has 0 radical (unpaired) electrons. The molecule has 1 fully saturated rings. The van der Waals surface area contributed by atoms with Crippen LogP contribution >= 0.6 is 0 Å². The molecule has 1 aliphatic heterocycles. The summed E-state index contributed by atoms with van der Waals surface area (Å²) >= 11 is 0. The number of hydrogen-bond donors (Lipinski definition) is 0. The SMILES string of the molecule is Cc1cccc(-c2cnc(N3CCC(=NOc4cncnc4)CC3)nc2)c1F. The second-order valence-electron chi connectivity index (χ2n) is 6.52. The van der Waals surface area contributed by atoms with Crippen LogP contribution in [0.25, 0.3) is 11.1 Å². The molecule has 0 spiro atoms. The van der Waals surface area contributed by atoms with E-state index in [1.807, 2.05) is 6.07 Å². The summed E-state index contributed by atoms with van der Waals surface area (Å²) in [6.07, 6.45) is 9.43. The Morgan fingerprint density at radius 3 is 2.46 bits per heavy atom. The molecule has 4 rings (SSSR count). The van der Waals surface area contributed by atoms with Gasteiger partial charge in [0.2, 0.25) is 5.95 Å². The lowest BCUT2D eigenvalue weighted by Gasteiger charge is -2.27. The zero-order valence-corrected chi connectivity index (χ0v) is 15.4. The predicted molar refractivity (Wildman–Crippen MR) is 104 cm³/mol. The summed E-state index contributed by atoms with van der Waals surface area (Å²) in [5, 5.41) is 4.18. The van der Waals surface area contributed by atoms with E-state index in [0.717, 1.165) is 31.6 Å². The van der Waals surface area contributed by atoms with Crippen molar-refractivity contribution in [1.82, 2.24) is 19.9 Å². The third-order valence-corrected chi connectivity index (χ3v) is 4.58. The molecule has 7 nitrogen and oxygen atoms in total. The van der Waals surface area contributed by atoms with Crippen LogP contribution in [-0.4, -0.2) is 38.7 Å². The Morgan fingerprint density at radius 1 is 1.04 bits per heavy atom. The van der Waals surface area contributed by atoms with Gasteiger partial charge in [0.1, 0.15) is 12.1 Å². The van der Waals surface area contributed by atoms with E-state index in [0.29, 0.717) is 28.4 Å². The molecule has 1 aliphatic rings. The van der Waals surface area contributed by atoms with E-state index in [1.165, 1.54) is 6.33 Å². The number of benzene rings is 1. The largest absolute Gasteiger partial charge is 0.354 e. The molecule has 3 heterocycles. The maximum Gasteiger partial charge on any atom is 0.225 e. The average Bonchev–Trinajstić information content (AvgIpc) is 2.76. The van der Waals surface area contributed by atoms with E-state index in [2.05, 4.69) is 30.0 Å². The van der Waals surface area contributed by atoms with Gasteiger partial charge in [-0.25, -0.2) is 24.3 Å². The van der Waals surface area contributed by atoms with Crippen molar-refractivity contribution in [3.8, 4) is 16.9 Å².